The van der Waals surface area contributed by atoms with Crippen LogP contribution in [-0.2, 0) is 10.1 Å². The minimum Gasteiger partial charge on any atom is -0.282 e. The fraction of sp³-hybridized carbons (Fsp3) is 0.0500. The van der Waals surface area contributed by atoms with Crippen molar-refractivity contribution < 1.29 is 27.6 Å². The molecule has 0 bridgehead atoms. The topological polar surface area (TPSA) is 175 Å². The molecule has 0 saturated carbocycles. The molecule has 0 fully saturated rings. The fourth-order valence-electron chi connectivity index (χ4n) is 3.28. The van der Waals surface area contributed by atoms with E-state index in [1.807, 2.05) is 0 Å². The predicted octanol–water partition coefficient (Wildman–Crippen LogP) is 3.19. The fourth-order valence-corrected chi connectivity index (χ4v) is 4.20. The predicted molar refractivity (Wildman–Crippen MR) is 129 cm³/mol. The van der Waals surface area contributed by atoms with Crippen LogP contribution in [0.3, 0.4) is 0 Å². The highest BCUT2D eigenvalue weighted by atomic mass is 127. The van der Waals surface area contributed by atoms with Gasteiger partial charge in [-0.05, 0) is 87.4 Å². The number of non-ortho nitro benzene ring substituents is 1. The van der Waals surface area contributed by atoms with Crippen LogP contribution in [0.5, 0.6) is 0 Å². The number of nitro benzene ring substituents is 2. The first-order chi connectivity index (χ1) is 16.5. The van der Waals surface area contributed by atoms with Gasteiger partial charge >= 0.3 is 11.5 Å². The number of aromatic nitrogens is 4. The second-order valence-electron chi connectivity index (χ2n) is 7.22. The summed E-state index contributed by atoms with van der Waals surface area (Å²) in [5.74, 6) is 0.0931. The lowest BCUT2D eigenvalue weighted by Crippen LogP contribution is -2.43. The Bertz CT molecular complexity index is 1600. The molecular weight excluding hydrogens is 595 g/mol. The Kier molecular flexibility index (Phi) is 6.30. The summed E-state index contributed by atoms with van der Waals surface area (Å²) in [6.07, 6.45) is 0. The third-order valence-electron chi connectivity index (χ3n) is 4.93. The zero-order valence-electron chi connectivity index (χ0n) is 17.6. The quantitative estimate of drug-likeness (QED) is 0.113. The van der Waals surface area contributed by atoms with E-state index in [-0.39, 0.29) is 16.4 Å². The van der Waals surface area contributed by atoms with Crippen LogP contribution >= 0.6 is 22.6 Å². The third kappa shape index (κ3) is 4.86. The van der Waals surface area contributed by atoms with Gasteiger partial charge in [-0.15, -0.1) is 0 Å². The molecule has 0 saturated heterocycles. The van der Waals surface area contributed by atoms with Crippen LogP contribution in [0.2, 0.25) is 0 Å². The van der Waals surface area contributed by atoms with Crippen LogP contribution in [0, 0.1) is 30.7 Å². The molecule has 35 heavy (non-hydrogen) atoms. The van der Waals surface area contributed by atoms with Crippen molar-refractivity contribution in [2.75, 3.05) is 0 Å². The second kappa shape index (κ2) is 9.08. The molecular formula is C20H14IN6O7S+. The number of hydrogen-bond acceptors (Lipinski definition) is 8. The summed E-state index contributed by atoms with van der Waals surface area (Å²) >= 11 is 2.11. The average molecular weight is 609 g/mol. The molecule has 13 nitrogen and oxygen atoms in total. The Morgan fingerprint density at radius 1 is 1.00 bits per heavy atom. The highest BCUT2D eigenvalue weighted by Gasteiger charge is 2.32. The van der Waals surface area contributed by atoms with Crippen LogP contribution in [-0.4, -0.2) is 37.8 Å². The van der Waals surface area contributed by atoms with Gasteiger partial charge in [0.2, 0.25) is 0 Å². The molecule has 178 valence electrons. The van der Waals surface area contributed by atoms with Crippen LogP contribution in [0.4, 0.5) is 11.4 Å². The summed E-state index contributed by atoms with van der Waals surface area (Å²) in [5.41, 5.74) is 0.214. The number of halogens is 1. The van der Waals surface area contributed by atoms with Gasteiger partial charge in [0, 0.05) is 20.5 Å². The van der Waals surface area contributed by atoms with Crippen molar-refractivity contribution in [3.05, 3.63) is 90.0 Å². The van der Waals surface area contributed by atoms with Crippen LogP contribution in [0.15, 0.2) is 65.6 Å². The molecule has 0 spiro atoms. The number of tetrazole rings is 1. The van der Waals surface area contributed by atoms with Gasteiger partial charge in [0.15, 0.2) is 0 Å². The van der Waals surface area contributed by atoms with E-state index in [4.69, 9.17) is 0 Å². The lowest BCUT2D eigenvalue weighted by atomic mass is 10.1. The van der Waals surface area contributed by atoms with Crippen LogP contribution < -0.4 is 4.80 Å². The first-order valence-electron chi connectivity index (χ1n) is 9.63. The molecule has 3 aromatic carbocycles. The highest BCUT2D eigenvalue weighted by molar-refractivity contribution is 14.1. The molecule has 0 unspecified atom stereocenters. The largest absolute Gasteiger partial charge is 0.340 e. The molecule has 1 N–H and O–H groups in total. The Morgan fingerprint density at radius 2 is 1.69 bits per heavy atom. The Balaban J connectivity index is 1.97. The van der Waals surface area contributed by atoms with Crippen molar-refractivity contribution >= 4 is 44.1 Å². The summed E-state index contributed by atoms with van der Waals surface area (Å²) in [7, 11) is -4.43. The van der Waals surface area contributed by atoms with Crippen molar-refractivity contribution in [3.8, 4) is 22.8 Å². The van der Waals surface area contributed by atoms with Gasteiger partial charge in [-0.2, -0.15) is 8.42 Å². The second-order valence-corrected chi connectivity index (χ2v) is 9.89. The standard InChI is InChI=1S/C20H13IN6O7S/c1-12-10-16(35(32,33)34)7-8-17(12)20-22-24(14-4-2-13(21)3-5-14)25(23-20)18-9-6-15(26(28)29)11-19(18)27(30)31/h2-11H,1H3/p+1. The lowest BCUT2D eigenvalue weighted by Gasteiger charge is -2.01. The zero-order valence-corrected chi connectivity index (χ0v) is 20.6. The van der Waals surface area contributed by atoms with E-state index in [2.05, 4.69) is 32.8 Å². The Labute approximate surface area is 210 Å². The minimum atomic E-state index is -4.43. The SMILES string of the molecule is Cc1cc(S(=O)(=O)O)ccc1-c1nn(-c2ccc(I)cc2)[n+](-c2ccc([N+](=O)[O-])cc2[N+](=O)[O-])n1. The van der Waals surface area contributed by atoms with Gasteiger partial charge in [-0.1, -0.05) is 0 Å². The van der Waals surface area contributed by atoms with Crippen molar-refractivity contribution in [2.45, 2.75) is 11.8 Å². The van der Waals surface area contributed by atoms with Gasteiger partial charge in [-0.3, -0.25) is 24.8 Å². The van der Waals surface area contributed by atoms with E-state index < -0.39 is 31.3 Å². The molecule has 0 atom stereocenters. The summed E-state index contributed by atoms with van der Waals surface area (Å²) in [4.78, 5) is 23.5. The van der Waals surface area contributed by atoms with E-state index >= 15 is 0 Å². The molecule has 4 aromatic rings. The molecule has 0 aliphatic rings. The van der Waals surface area contributed by atoms with Crippen molar-refractivity contribution in [3.63, 3.8) is 0 Å². The maximum atomic E-state index is 11.8. The minimum absolute atomic E-state index is 0.0786. The number of aryl methyl sites for hydroxylation is 1. The summed E-state index contributed by atoms with van der Waals surface area (Å²) in [6, 6.07) is 14.0. The molecule has 0 radical (unpaired) electrons. The number of benzene rings is 3. The van der Waals surface area contributed by atoms with Crippen molar-refractivity contribution in [1.29, 1.82) is 0 Å². The maximum Gasteiger partial charge on any atom is 0.340 e. The number of hydrogen-bond donors (Lipinski definition) is 1. The molecule has 4 rings (SSSR count). The maximum absolute atomic E-state index is 11.8. The highest BCUT2D eigenvalue weighted by Crippen LogP contribution is 2.27. The van der Waals surface area contributed by atoms with Gasteiger partial charge in [0.1, 0.15) is 5.69 Å². The molecule has 1 heterocycles. The summed E-state index contributed by atoms with van der Waals surface area (Å²) in [5, 5.41) is 31.8. The zero-order chi connectivity index (χ0) is 25.5. The number of rotatable bonds is 6. The Morgan fingerprint density at radius 3 is 2.26 bits per heavy atom. The summed E-state index contributed by atoms with van der Waals surface area (Å²) < 4.78 is 33.2. The van der Waals surface area contributed by atoms with Gasteiger partial charge in [0.25, 0.3) is 21.5 Å². The number of nitrogens with zero attached hydrogens (tertiary/aromatic N) is 6. The first kappa shape index (κ1) is 24.3. The molecule has 0 amide bonds. The van der Waals surface area contributed by atoms with Gasteiger partial charge in [-0.25, -0.2) is 0 Å². The lowest BCUT2D eigenvalue weighted by molar-refractivity contribution is -0.736. The number of nitro groups is 2. The Hall–Kier alpha value is -3.83. The van der Waals surface area contributed by atoms with Crippen LogP contribution in [0.1, 0.15) is 5.56 Å². The molecule has 1 aromatic heterocycles. The third-order valence-corrected chi connectivity index (χ3v) is 6.50. The molecule has 0 aliphatic carbocycles. The van der Waals surface area contributed by atoms with E-state index in [1.165, 1.54) is 29.1 Å². The summed E-state index contributed by atoms with van der Waals surface area (Å²) in [6.45, 7) is 1.59. The molecule has 0 aliphatic heterocycles. The monoisotopic (exact) mass is 609 g/mol. The molecule has 15 heteroatoms. The van der Waals surface area contributed by atoms with Gasteiger partial charge < -0.3 is 0 Å². The normalized spacial score (nSPS) is 11.4. The first-order valence-corrected chi connectivity index (χ1v) is 12.1. The van der Waals surface area contributed by atoms with E-state index in [9.17, 15) is 33.2 Å². The van der Waals surface area contributed by atoms with E-state index in [0.717, 1.165) is 20.5 Å². The van der Waals surface area contributed by atoms with E-state index in [0.29, 0.717) is 16.8 Å². The van der Waals surface area contributed by atoms with Crippen molar-refractivity contribution in [2.24, 2.45) is 0 Å². The van der Waals surface area contributed by atoms with Gasteiger partial charge in [0.05, 0.1) is 31.5 Å². The van der Waals surface area contributed by atoms with E-state index in [1.54, 1.807) is 31.2 Å². The average Bonchev–Trinajstić information content (AvgIpc) is 3.23. The smallest absolute Gasteiger partial charge is 0.282 e. The van der Waals surface area contributed by atoms with Crippen molar-refractivity contribution in [1.82, 2.24) is 15.0 Å². The van der Waals surface area contributed by atoms with Crippen LogP contribution in [0.25, 0.3) is 22.8 Å².